The Morgan fingerprint density at radius 1 is 1.08 bits per heavy atom. The van der Waals surface area contributed by atoms with Crippen molar-refractivity contribution in [2.45, 2.75) is 13.5 Å². The topological polar surface area (TPSA) is 77.4 Å². The highest BCUT2D eigenvalue weighted by Crippen LogP contribution is 2.40. The number of rotatable bonds is 8. The number of amidine groups is 1. The van der Waals surface area contributed by atoms with Gasteiger partial charge in [0.25, 0.3) is 5.91 Å². The molecule has 0 atom stereocenters. The number of hydrogen-bond acceptors (Lipinski definition) is 7. The number of methoxy groups -OCH3 is 2. The predicted octanol–water partition coefficient (Wildman–Crippen LogP) is 6.45. The van der Waals surface area contributed by atoms with Gasteiger partial charge in [-0.15, -0.1) is 0 Å². The van der Waals surface area contributed by atoms with Gasteiger partial charge in [0.1, 0.15) is 6.61 Å². The molecule has 0 aliphatic carbocycles. The number of esters is 1. The molecule has 0 saturated carbocycles. The van der Waals surface area contributed by atoms with Crippen molar-refractivity contribution in [1.82, 2.24) is 4.90 Å². The minimum atomic E-state index is -0.414. The highest BCUT2D eigenvalue weighted by atomic mass is 79.9. The zero-order chi connectivity index (χ0) is 26.4. The van der Waals surface area contributed by atoms with Crippen LogP contribution in [0.15, 0.2) is 81.1 Å². The Morgan fingerprint density at radius 2 is 1.81 bits per heavy atom. The summed E-state index contributed by atoms with van der Waals surface area (Å²) in [6.45, 7) is 2.77. The molecule has 4 rings (SSSR count). The zero-order valence-electron chi connectivity index (χ0n) is 20.6. The van der Waals surface area contributed by atoms with Gasteiger partial charge in [-0.25, -0.2) is 9.79 Å². The third-order valence-electron chi connectivity index (χ3n) is 5.49. The van der Waals surface area contributed by atoms with Crippen LogP contribution >= 0.6 is 27.7 Å². The molecule has 3 aromatic rings. The number of likely N-dealkylation sites (N-methyl/N-ethyl adjacent to an activating group) is 1. The van der Waals surface area contributed by atoms with E-state index in [9.17, 15) is 9.59 Å². The van der Waals surface area contributed by atoms with Crippen molar-refractivity contribution >= 4 is 56.5 Å². The standard InChI is InChI=1S/C28H25BrN2O5S/c1-4-31-26(32)24(37-28(31)30-21-12-10-20(11-13-21)27(33)35-3)16-19-14-22(29)25(23(15-19)34-2)36-17-18-8-6-5-7-9-18/h5-16H,4,17H2,1-3H3/b24-16-,30-28?. The van der Waals surface area contributed by atoms with E-state index in [-0.39, 0.29) is 5.91 Å². The molecule has 190 valence electrons. The van der Waals surface area contributed by atoms with E-state index >= 15 is 0 Å². The van der Waals surface area contributed by atoms with Crippen LogP contribution in [0.25, 0.3) is 6.08 Å². The predicted molar refractivity (Wildman–Crippen MR) is 149 cm³/mol. The molecule has 1 amide bonds. The highest BCUT2D eigenvalue weighted by molar-refractivity contribution is 9.10. The fourth-order valence-electron chi connectivity index (χ4n) is 3.61. The summed E-state index contributed by atoms with van der Waals surface area (Å²) >= 11 is 4.88. The van der Waals surface area contributed by atoms with Crippen molar-refractivity contribution < 1.29 is 23.8 Å². The first kappa shape index (κ1) is 26.5. The molecule has 3 aromatic carbocycles. The summed E-state index contributed by atoms with van der Waals surface area (Å²) in [5.74, 6) is 0.603. The van der Waals surface area contributed by atoms with Crippen LogP contribution in [0.1, 0.15) is 28.4 Å². The van der Waals surface area contributed by atoms with E-state index in [1.165, 1.54) is 18.9 Å². The average molecular weight is 581 g/mol. The fourth-order valence-corrected chi connectivity index (χ4v) is 5.25. The summed E-state index contributed by atoms with van der Waals surface area (Å²) in [4.78, 5) is 31.6. The molecule has 0 radical (unpaired) electrons. The molecule has 9 heteroatoms. The number of carbonyl (C=O) groups is 2. The van der Waals surface area contributed by atoms with Gasteiger partial charge in [0, 0.05) is 6.54 Å². The lowest BCUT2D eigenvalue weighted by Crippen LogP contribution is -2.28. The average Bonchev–Trinajstić information content (AvgIpc) is 3.21. The third-order valence-corrected chi connectivity index (χ3v) is 7.09. The zero-order valence-corrected chi connectivity index (χ0v) is 23.0. The van der Waals surface area contributed by atoms with Gasteiger partial charge in [0.15, 0.2) is 16.7 Å². The molecule has 0 N–H and O–H groups in total. The van der Waals surface area contributed by atoms with Crippen LogP contribution in [0.5, 0.6) is 11.5 Å². The van der Waals surface area contributed by atoms with Crippen LogP contribution in [0.3, 0.4) is 0 Å². The first-order valence-corrected chi connectivity index (χ1v) is 13.1. The minimum Gasteiger partial charge on any atom is -0.493 e. The molecular weight excluding hydrogens is 556 g/mol. The summed E-state index contributed by atoms with van der Waals surface area (Å²) in [5, 5.41) is 0.568. The van der Waals surface area contributed by atoms with Crippen LogP contribution < -0.4 is 9.47 Å². The highest BCUT2D eigenvalue weighted by Gasteiger charge is 2.32. The number of halogens is 1. The lowest BCUT2D eigenvalue weighted by Gasteiger charge is -2.14. The van der Waals surface area contributed by atoms with Crippen LogP contribution in [0, 0.1) is 0 Å². The maximum Gasteiger partial charge on any atom is 0.337 e. The van der Waals surface area contributed by atoms with Crippen molar-refractivity contribution in [2.75, 3.05) is 20.8 Å². The maximum atomic E-state index is 13.1. The van der Waals surface area contributed by atoms with E-state index in [1.807, 2.05) is 55.5 Å². The SMILES string of the molecule is CCN1C(=O)/C(=C/c2cc(Br)c(OCc3ccccc3)c(OC)c2)SC1=Nc1ccc(C(=O)OC)cc1. The summed E-state index contributed by atoms with van der Waals surface area (Å²) in [7, 11) is 2.92. The van der Waals surface area contributed by atoms with Gasteiger partial charge in [0.05, 0.1) is 34.8 Å². The second-order valence-electron chi connectivity index (χ2n) is 7.90. The van der Waals surface area contributed by atoms with Crippen molar-refractivity contribution in [3.05, 3.63) is 92.8 Å². The smallest absolute Gasteiger partial charge is 0.337 e. The normalized spacial score (nSPS) is 15.4. The number of ether oxygens (including phenoxy) is 3. The number of nitrogens with zero attached hydrogens (tertiary/aromatic N) is 2. The van der Waals surface area contributed by atoms with Crippen molar-refractivity contribution in [3.8, 4) is 11.5 Å². The van der Waals surface area contributed by atoms with E-state index in [1.54, 1.807) is 36.3 Å². The molecule has 0 bridgehead atoms. The monoisotopic (exact) mass is 580 g/mol. The van der Waals surface area contributed by atoms with Crippen LogP contribution in [-0.4, -0.2) is 42.7 Å². The number of benzene rings is 3. The fraction of sp³-hybridized carbons (Fsp3) is 0.179. The Hall–Kier alpha value is -3.56. The van der Waals surface area contributed by atoms with Crippen LogP contribution in [0.4, 0.5) is 5.69 Å². The molecule has 1 aliphatic rings. The van der Waals surface area contributed by atoms with Gasteiger partial charge in [-0.1, -0.05) is 30.3 Å². The van der Waals surface area contributed by atoms with Crippen LogP contribution in [0.2, 0.25) is 0 Å². The number of hydrogen-bond donors (Lipinski definition) is 0. The first-order chi connectivity index (χ1) is 17.9. The van der Waals surface area contributed by atoms with E-state index in [4.69, 9.17) is 14.2 Å². The Balaban J connectivity index is 1.57. The van der Waals surface area contributed by atoms with E-state index in [2.05, 4.69) is 20.9 Å². The summed E-state index contributed by atoms with van der Waals surface area (Å²) in [6.07, 6.45) is 1.81. The Bertz CT molecular complexity index is 1360. The lowest BCUT2D eigenvalue weighted by molar-refractivity contribution is -0.122. The Morgan fingerprint density at radius 3 is 2.46 bits per heavy atom. The molecule has 0 unspecified atom stereocenters. The molecule has 37 heavy (non-hydrogen) atoms. The van der Waals surface area contributed by atoms with Gasteiger partial charge in [0.2, 0.25) is 0 Å². The van der Waals surface area contributed by atoms with Crippen molar-refractivity contribution in [1.29, 1.82) is 0 Å². The van der Waals surface area contributed by atoms with E-state index < -0.39 is 5.97 Å². The summed E-state index contributed by atoms with van der Waals surface area (Å²) < 4.78 is 17.1. The molecule has 0 spiro atoms. The minimum absolute atomic E-state index is 0.128. The van der Waals surface area contributed by atoms with Gasteiger partial charge in [-0.3, -0.25) is 9.69 Å². The first-order valence-electron chi connectivity index (χ1n) is 11.5. The van der Waals surface area contributed by atoms with Gasteiger partial charge in [-0.2, -0.15) is 0 Å². The third kappa shape index (κ3) is 6.23. The maximum absolute atomic E-state index is 13.1. The Labute approximate surface area is 228 Å². The summed E-state index contributed by atoms with van der Waals surface area (Å²) in [5.41, 5.74) is 2.89. The quantitative estimate of drug-likeness (QED) is 0.225. The number of carbonyl (C=O) groups excluding carboxylic acids is 2. The van der Waals surface area contributed by atoms with Crippen molar-refractivity contribution in [3.63, 3.8) is 0 Å². The molecule has 0 aromatic heterocycles. The van der Waals surface area contributed by atoms with Gasteiger partial charge < -0.3 is 14.2 Å². The molecule has 7 nitrogen and oxygen atoms in total. The second kappa shape index (κ2) is 12.1. The molecule has 1 saturated heterocycles. The number of aliphatic imine (C=N–C) groups is 1. The number of thioether (sulfide) groups is 1. The van der Waals surface area contributed by atoms with E-state index in [0.29, 0.717) is 46.0 Å². The number of amides is 1. The molecule has 1 aliphatic heterocycles. The largest absolute Gasteiger partial charge is 0.493 e. The van der Waals surface area contributed by atoms with Gasteiger partial charge in [-0.05, 0) is 88.2 Å². The van der Waals surface area contributed by atoms with Crippen molar-refractivity contribution in [2.24, 2.45) is 4.99 Å². The van der Waals surface area contributed by atoms with Crippen LogP contribution in [-0.2, 0) is 16.1 Å². The second-order valence-corrected chi connectivity index (χ2v) is 9.76. The molecule has 1 heterocycles. The molecule has 1 fully saturated rings. The Kier molecular flexibility index (Phi) is 8.68. The van der Waals surface area contributed by atoms with E-state index in [0.717, 1.165) is 15.6 Å². The lowest BCUT2D eigenvalue weighted by atomic mass is 10.1. The van der Waals surface area contributed by atoms with Gasteiger partial charge >= 0.3 is 5.97 Å². The summed E-state index contributed by atoms with van der Waals surface area (Å²) in [6, 6.07) is 20.3. The molecular formula is C28H25BrN2O5S.